The maximum Gasteiger partial charge on any atom is 0.432 e. The first-order valence-electron chi connectivity index (χ1n) is 9.26. The summed E-state index contributed by atoms with van der Waals surface area (Å²) in [4.78, 5) is 28.8. The summed E-state index contributed by atoms with van der Waals surface area (Å²) < 4.78 is 92.8. The normalized spacial score (nSPS) is 31.1. The van der Waals surface area contributed by atoms with Gasteiger partial charge in [-0.3, -0.25) is 14.6 Å². The fraction of sp³-hybridized carbons (Fsp3) is 0.611. The van der Waals surface area contributed by atoms with Crippen molar-refractivity contribution in [2.45, 2.75) is 43.6 Å². The van der Waals surface area contributed by atoms with E-state index in [9.17, 15) is 46.1 Å². The van der Waals surface area contributed by atoms with Gasteiger partial charge in [0.15, 0.2) is 0 Å². The number of piperidine rings is 1. The first-order chi connectivity index (χ1) is 14.7. The van der Waals surface area contributed by atoms with Crippen LogP contribution in [0.3, 0.4) is 0 Å². The molecule has 2 heterocycles. The third-order valence-electron chi connectivity index (χ3n) is 5.01. The highest BCUT2D eigenvalue weighted by atomic mass is 19.4. The number of ether oxygens (including phenoxy) is 2. The molecular weight excluding hydrogens is 454 g/mol. The molecule has 5 atom stereocenters. The van der Waals surface area contributed by atoms with Gasteiger partial charge in [-0.1, -0.05) is 6.07 Å². The van der Waals surface area contributed by atoms with Crippen LogP contribution < -0.4 is 5.32 Å². The molecule has 0 radical (unpaired) electrons. The lowest BCUT2D eigenvalue weighted by atomic mass is 9.64. The van der Waals surface area contributed by atoms with E-state index in [1.165, 1.54) is 13.8 Å². The van der Waals surface area contributed by atoms with Crippen LogP contribution in [0.4, 0.5) is 26.3 Å². The van der Waals surface area contributed by atoms with Crippen molar-refractivity contribution in [1.82, 2.24) is 10.3 Å². The molecule has 1 aromatic rings. The summed E-state index contributed by atoms with van der Waals surface area (Å²) in [6.45, 7) is 1.46. The summed E-state index contributed by atoms with van der Waals surface area (Å²) in [5.74, 6) is -11.6. The molecule has 1 fully saturated rings. The van der Waals surface area contributed by atoms with Gasteiger partial charge in [0.1, 0.15) is 11.8 Å². The number of carbonyl (C=O) groups is 2. The lowest BCUT2D eigenvalue weighted by molar-refractivity contribution is -0.376. The number of nitrogens with one attached hydrogen (secondary N) is 1. The Balaban J connectivity index is 2.93. The number of pyridine rings is 1. The first kappa shape index (κ1) is 25.8. The molecule has 0 amide bonds. The van der Waals surface area contributed by atoms with Gasteiger partial charge in [-0.05, 0) is 25.5 Å². The molecule has 1 saturated heterocycles. The molecule has 0 spiro atoms. The summed E-state index contributed by atoms with van der Waals surface area (Å²) in [6, 6.07) is 2.12. The minimum atomic E-state index is -5.93. The molecule has 1 aliphatic rings. The van der Waals surface area contributed by atoms with Crippen molar-refractivity contribution in [3.8, 4) is 0 Å². The molecule has 0 aliphatic carbocycles. The van der Waals surface area contributed by atoms with E-state index in [0.29, 0.717) is 5.32 Å². The molecule has 8 nitrogen and oxygen atoms in total. The molecule has 0 aromatic carbocycles. The van der Waals surface area contributed by atoms with Crippen molar-refractivity contribution in [1.29, 1.82) is 0 Å². The zero-order chi connectivity index (χ0) is 24.5. The maximum absolute atomic E-state index is 13.9. The van der Waals surface area contributed by atoms with Crippen LogP contribution in [-0.4, -0.2) is 64.2 Å². The molecule has 0 saturated carbocycles. The summed E-state index contributed by atoms with van der Waals surface area (Å²) in [5, 5.41) is 21.6. The third-order valence-corrected chi connectivity index (χ3v) is 5.01. The predicted molar refractivity (Wildman–Crippen MR) is 92.4 cm³/mol. The van der Waals surface area contributed by atoms with Gasteiger partial charge in [0.25, 0.3) is 0 Å². The van der Waals surface area contributed by atoms with Gasteiger partial charge in [-0.15, -0.1) is 0 Å². The zero-order valence-electron chi connectivity index (χ0n) is 16.7. The molecule has 3 N–H and O–H groups in total. The second-order valence-electron chi connectivity index (χ2n) is 6.92. The fourth-order valence-corrected chi connectivity index (χ4v) is 3.71. The second-order valence-corrected chi connectivity index (χ2v) is 6.92. The summed E-state index contributed by atoms with van der Waals surface area (Å²) in [5.41, 5.74) is -9.77. The van der Waals surface area contributed by atoms with Gasteiger partial charge in [0, 0.05) is 18.3 Å². The number of esters is 2. The summed E-state index contributed by atoms with van der Waals surface area (Å²) in [7, 11) is 0. The van der Waals surface area contributed by atoms with E-state index >= 15 is 0 Å². The number of rotatable bonds is 5. The van der Waals surface area contributed by atoms with E-state index in [-0.39, 0.29) is 0 Å². The van der Waals surface area contributed by atoms with Crippen LogP contribution in [0.1, 0.15) is 25.3 Å². The van der Waals surface area contributed by atoms with Crippen molar-refractivity contribution in [2.24, 2.45) is 11.8 Å². The number of hydrogen-bond donors (Lipinski definition) is 3. The minimum absolute atomic E-state index is 0.476. The van der Waals surface area contributed by atoms with E-state index in [0.717, 1.165) is 24.5 Å². The quantitative estimate of drug-likeness (QED) is 0.436. The van der Waals surface area contributed by atoms with Crippen molar-refractivity contribution in [2.75, 3.05) is 13.2 Å². The predicted octanol–water partition coefficient (Wildman–Crippen LogP) is 1.63. The second kappa shape index (κ2) is 8.83. The van der Waals surface area contributed by atoms with Crippen molar-refractivity contribution in [3.63, 3.8) is 0 Å². The molecule has 2 rings (SSSR count). The lowest BCUT2D eigenvalue weighted by Gasteiger charge is -2.54. The highest BCUT2D eigenvalue weighted by Gasteiger charge is 2.78. The maximum atomic E-state index is 13.9. The SMILES string of the molecule is CCOC(=O)[C@@H]1C(c2cccnc2)[C@H](C(=O)OCC)[C@](O)(C(F)(F)F)N[C@]1(O)C(F)(F)F. The number of alkyl halides is 6. The number of halogens is 6. The number of aromatic nitrogens is 1. The van der Waals surface area contributed by atoms with Crippen LogP contribution in [0.25, 0.3) is 0 Å². The molecule has 180 valence electrons. The van der Waals surface area contributed by atoms with Crippen molar-refractivity contribution in [3.05, 3.63) is 30.1 Å². The molecule has 14 heteroatoms. The monoisotopic (exact) mass is 474 g/mol. The largest absolute Gasteiger partial charge is 0.466 e. The Morgan fingerprint density at radius 3 is 1.75 bits per heavy atom. The van der Waals surface area contributed by atoms with Crippen molar-refractivity contribution < 1.29 is 55.6 Å². The molecule has 1 aliphatic heterocycles. The molecule has 1 unspecified atom stereocenters. The molecule has 0 bridgehead atoms. The van der Waals surface area contributed by atoms with Crippen LogP contribution in [0, 0.1) is 11.8 Å². The van der Waals surface area contributed by atoms with Gasteiger partial charge >= 0.3 is 24.3 Å². The van der Waals surface area contributed by atoms with E-state index in [4.69, 9.17) is 0 Å². The Kier molecular flexibility index (Phi) is 7.12. The standard InChI is InChI=1S/C18H20F6N2O6/c1-3-31-13(27)11-10(9-6-5-7-25-8-9)12(14(28)32-4-2)16(30,18(22,23)24)26-15(11,29)17(19,20)21/h5-8,10-12,26,29-30H,3-4H2,1-2H3/t10?,11-,12+,15+,16-. The van der Waals surface area contributed by atoms with E-state index in [1.54, 1.807) is 0 Å². The van der Waals surface area contributed by atoms with Crippen LogP contribution in [0.15, 0.2) is 24.5 Å². The molecule has 32 heavy (non-hydrogen) atoms. The van der Waals surface area contributed by atoms with E-state index < -0.39 is 72.3 Å². The highest BCUT2D eigenvalue weighted by Crippen LogP contribution is 2.55. The average molecular weight is 474 g/mol. The van der Waals surface area contributed by atoms with Gasteiger partial charge in [0.05, 0.1) is 13.2 Å². The van der Waals surface area contributed by atoms with Crippen LogP contribution >= 0.6 is 0 Å². The number of nitrogens with zero attached hydrogens (tertiary/aromatic N) is 1. The number of aliphatic hydroxyl groups is 2. The lowest BCUT2D eigenvalue weighted by Crippen LogP contribution is -2.81. The van der Waals surface area contributed by atoms with E-state index in [1.807, 2.05) is 0 Å². The zero-order valence-corrected chi connectivity index (χ0v) is 16.7. The Bertz CT molecular complexity index is 787. The van der Waals surface area contributed by atoms with Gasteiger partial charge in [-0.2, -0.15) is 26.3 Å². The average Bonchev–Trinajstić information content (AvgIpc) is 2.66. The topological polar surface area (TPSA) is 118 Å². The van der Waals surface area contributed by atoms with Crippen LogP contribution in [-0.2, 0) is 19.1 Å². The molecular formula is C18H20F6N2O6. The smallest absolute Gasteiger partial charge is 0.432 e. The Morgan fingerprint density at radius 2 is 1.44 bits per heavy atom. The third kappa shape index (κ3) is 4.26. The Morgan fingerprint density at radius 1 is 1.00 bits per heavy atom. The minimum Gasteiger partial charge on any atom is -0.466 e. The summed E-state index contributed by atoms with van der Waals surface area (Å²) in [6.07, 6.45) is -9.91. The highest BCUT2D eigenvalue weighted by molar-refractivity contribution is 5.81. The van der Waals surface area contributed by atoms with Gasteiger partial charge < -0.3 is 19.7 Å². The van der Waals surface area contributed by atoms with Gasteiger partial charge in [0.2, 0.25) is 11.4 Å². The number of carbonyl (C=O) groups excluding carboxylic acids is 2. The van der Waals surface area contributed by atoms with E-state index in [2.05, 4.69) is 14.5 Å². The number of hydrogen-bond acceptors (Lipinski definition) is 8. The van der Waals surface area contributed by atoms with Crippen molar-refractivity contribution >= 4 is 11.9 Å². The first-order valence-corrected chi connectivity index (χ1v) is 9.26. The Hall–Kier alpha value is -2.45. The Labute approximate surface area is 177 Å². The summed E-state index contributed by atoms with van der Waals surface area (Å²) >= 11 is 0. The molecule has 1 aromatic heterocycles. The van der Waals surface area contributed by atoms with Crippen LogP contribution in [0.5, 0.6) is 0 Å². The fourth-order valence-electron chi connectivity index (χ4n) is 3.71. The van der Waals surface area contributed by atoms with Crippen LogP contribution in [0.2, 0.25) is 0 Å². The van der Waals surface area contributed by atoms with Gasteiger partial charge in [-0.25, -0.2) is 5.32 Å².